The minimum absolute atomic E-state index is 0.227. The third-order valence-corrected chi connectivity index (χ3v) is 6.90. The molecule has 33 heavy (non-hydrogen) atoms. The molecule has 0 N–H and O–H groups in total. The van der Waals surface area contributed by atoms with E-state index in [1.807, 2.05) is 35.2 Å². The fourth-order valence-corrected chi connectivity index (χ4v) is 4.94. The van der Waals surface area contributed by atoms with Crippen molar-refractivity contribution in [1.29, 1.82) is 0 Å². The first kappa shape index (κ1) is 25.5. The van der Waals surface area contributed by atoms with Crippen LogP contribution < -0.4 is 4.90 Å². The van der Waals surface area contributed by atoms with Gasteiger partial charge in [-0.2, -0.15) is 0 Å². The SMILES string of the molecule is CCCc1cc(C(=O)CCCCCN(C)CCc2ccccc2Cl)cc2c1N(C=O)CCC2. The van der Waals surface area contributed by atoms with Crippen molar-refractivity contribution in [3.8, 4) is 0 Å². The van der Waals surface area contributed by atoms with E-state index in [1.165, 1.54) is 5.56 Å². The zero-order valence-electron chi connectivity index (χ0n) is 20.1. The third kappa shape index (κ3) is 7.15. The zero-order valence-corrected chi connectivity index (χ0v) is 20.9. The number of rotatable bonds is 13. The van der Waals surface area contributed by atoms with Gasteiger partial charge in [-0.15, -0.1) is 0 Å². The van der Waals surface area contributed by atoms with Crippen molar-refractivity contribution in [3.05, 3.63) is 63.7 Å². The molecule has 1 aliphatic heterocycles. The Morgan fingerprint density at radius 2 is 1.91 bits per heavy atom. The number of ketones is 1. The molecule has 0 fully saturated rings. The summed E-state index contributed by atoms with van der Waals surface area (Å²) in [5.41, 5.74) is 5.37. The average Bonchev–Trinajstić information content (AvgIpc) is 2.82. The summed E-state index contributed by atoms with van der Waals surface area (Å²) in [6, 6.07) is 12.1. The van der Waals surface area contributed by atoms with E-state index in [4.69, 9.17) is 11.6 Å². The first-order chi connectivity index (χ1) is 16.0. The van der Waals surface area contributed by atoms with Crippen LogP contribution in [0.25, 0.3) is 0 Å². The number of hydrogen-bond acceptors (Lipinski definition) is 3. The molecule has 0 atom stereocenters. The molecule has 0 unspecified atom stereocenters. The number of hydrogen-bond donors (Lipinski definition) is 0. The van der Waals surface area contributed by atoms with Gasteiger partial charge >= 0.3 is 0 Å². The van der Waals surface area contributed by atoms with Gasteiger partial charge in [0.25, 0.3) is 0 Å². The van der Waals surface area contributed by atoms with Gasteiger partial charge < -0.3 is 9.80 Å². The second-order valence-electron chi connectivity index (χ2n) is 9.17. The number of likely N-dealkylation sites (N-methyl/N-ethyl adjacent to an activating group) is 1. The molecule has 0 aliphatic carbocycles. The van der Waals surface area contributed by atoms with Crippen molar-refractivity contribution in [2.24, 2.45) is 0 Å². The average molecular weight is 469 g/mol. The highest BCUT2D eigenvalue weighted by molar-refractivity contribution is 6.31. The number of unbranched alkanes of at least 4 members (excludes halogenated alkanes) is 2. The minimum atomic E-state index is 0.227. The van der Waals surface area contributed by atoms with E-state index >= 15 is 0 Å². The molecule has 1 aliphatic rings. The lowest BCUT2D eigenvalue weighted by molar-refractivity contribution is -0.107. The van der Waals surface area contributed by atoms with Gasteiger partial charge in [-0.3, -0.25) is 9.59 Å². The zero-order chi connectivity index (χ0) is 23.6. The summed E-state index contributed by atoms with van der Waals surface area (Å²) in [7, 11) is 2.15. The summed E-state index contributed by atoms with van der Waals surface area (Å²) in [5, 5.41) is 0.840. The number of carbonyl (C=O) groups is 2. The van der Waals surface area contributed by atoms with E-state index in [2.05, 4.69) is 24.9 Å². The molecule has 0 saturated carbocycles. The van der Waals surface area contributed by atoms with Crippen LogP contribution in [0.2, 0.25) is 5.02 Å². The Bertz CT molecular complexity index is 943. The maximum Gasteiger partial charge on any atom is 0.214 e. The van der Waals surface area contributed by atoms with E-state index in [0.717, 1.165) is 105 Å². The van der Waals surface area contributed by atoms with Crippen molar-refractivity contribution in [2.75, 3.05) is 31.6 Å². The Morgan fingerprint density at radius 3 is 2.67 bits per heavy atom. The number of halogens is 1. The smallest absolute Gasteiger partial charge is 0.214 e. The Morgan fingerprint density at radius 1 is 1.09 bits per heavy atom. The van der Waals surface area contributed by atoms with E-state index in [9.17, 15) is 9.59 Å². The Balaban J connectivity index is 1.45. The summed E-state index contributed by atoms with van der Waals surface area (Å²) in [6.45, 7) is 4.92. The van der Waals surface area contributed by atoms with Crippen molar-refractivity contribution in [2.45, 2.75) is 64.7 Å². The lowest BCUT2D eigenvalue weighted by atomic mass is 9.91. The van der Waals surface area contributed by atoms with E-state index < -0.39 is 0 Å². The number of carbonyl (C=O) groups excluding carboxylic acids is 2. The molecule has 1 amide bonds. The summed E-state index contributed by atoms with van der Waals surface area (Å²) in [4.78, 5) is 28.6. The minimum Gasteiger partial charge on any atom is -0.314 e. The van der Waals surface area contributed by atoms with Gasteiger partial charge in [0, 0.05) is 35.8 Å². The molecular weight excluding hydrogens is 432 g/mol. The molecule has 0 bridgehead atoms. The third-order valence-electron chi connectivity index (χ3n) is 6.53. The second-order valence-corrected chi connectivity index (χ2v) is 9.58. The standard InChI is InChI=1S/C28H37ClN2O2/c1-3-10-23-19-25(20-24-12-9-17-31(21-32)28(23)24)27(33)14-5-4-8-16-30(2)18-15-22-11-6-7-13-26(22)29/h6-7,11,13,19-21H,3-5,8-10,12,14-18H2,1-2H3. The topological polar surface area (TPSA) is 40.6 Å². The van der Waals surface area contributed by atoms with Crippen LogP contribution in [0.4, 0.5) is 5.69 Å². The normalized spacial score (nSPS) is 13.3. The summed E-state index contributed by atoms with van der Waals surface area (Å²) >= 11 is 6.25. The van der Waals surface area contributed by atoms with Gasteiger partial charge in [-0.1, -0.05) is 49.6 Å². The maximum atomic E-state index is 12.9. The number of benzene rings is 2. The van der Waals surface area contributed by atoms with Crippen LogP contribution in [0.5, 0.6) is 0 Å². The lowest BCUT2D eigenvalue weighted by Crippen LogP contribution is -2.29. The van der Waals surface area contributed by atoms with Crippen molar-refractivity contribution >= 4 is 29.5 Å². The molecule has 3 rings (SSSR count). The van der Waals surface area contributed by atoms with Crippen LogP contribution in [0, 0.1) is 0 Å². The number of anilines is 1. The monoisotopic (exact) mass is 468 g/mol. The van der Waals surface area contributed by atoms with Crippen molar-refractivity contribution < 1.29 is 9.59 Å². The van der Waals surface area contributed by atoms with Gasteiger partial charge in [0.15, 0.2) is 5.78 Å². The fourth-order valence-electron chi connectivity index (χ4n) is 4.71. The van der Waals surface area contributed by atoms with Crippen LogP contribution in [-0.4, -0.2) is 43.8 Å². The molecule has 0 aromatic heterocycles. The Labute approximate surface area is 203 Å². The van der Waals surface area contributed by atoms with E-state index in [-0.39, 0.29) is 5.78 Å². The van der Waals surface area contributed by atoms with Crippen molar-refractivity contribution in [3.63, 3.8) is 0 Å². The van der Waals surface area contributed by atoms with Crippen LogP contribution in [0.15, 0.2) is 36.4 Å². The number of amides is 1. The van der Waals surface area contributed by atoms with E-state index in [0.29, 0.717) is 6.42 Å². The molecule has 1 heterocycles. The first-order valence-electron chi connectivity index (χ1n) is 12.4. The highest BCUT2D eigenvalue weighted by Gasteiger charge is 2.22. The molecule has 2 aromatic carbocycles. The van der Waals surface area contributed by atoms with Gasteiger partial charge in [-0.05, 0) is 87.0 Å². The van der Waals surface area contributed by atoms with Gasteiger partial charge in [0.1, 0.15) is 0 Å². The molecule has 0 spiro atoms. The molecule has 0 saturated heterocycles. The lowest BCUT2D eigenvalue weighted by Gasteiger charge is -2.29. The number of Topliss-reactive ketones (excluding diaryl/α,β-unsaturated/α-hetero) is 1. The molecule has 4 nitrogen and oxygen atoms in total. The van der Waals surface area contributed by atoms with Crippen LogP contribution in [-0.2, 0) is 24.1 Å². The fraction of sp³-hybridized carbons (Fsp3) is 0.500. The first-order valence-corrected chi connectivity index (χ1v) is 12.7. The maximum absolute atomic E-state index is 12.9. The summed E-state index contributed by atoms with van der Waals surface area (Å²) in [6.07, 6.45) is 9.33. The van der Waals surface area contributed by atoms with E-state index in [1.54, 1.807) is 0 Å². The predicted octanol–water partition coefficient (Wildman–Crippen LogP) is 6.12. The quantitative estimate of drug-likeness (QED) is 0.202. The Hall–Kier alpha value is -2.17. The Kier molecular flexibility index (Phi) is 9.95. The molecule has 5 heteroatoms. The van der Waals surface area contributed by atoms with Crippen LogP contribution in [0.3, 0.4) is 0 Å². The summed E-state index contributed by atoms with van der Waals surface area (Å²) in [5.74, 6) is 0.227. The van der Waals surface area contributed by atoms with Crippen LogP contribution >= 0.6 is 11.6 Å². The van der Waals surface area contributed by atoms with Crippen molar-refractivity contribution in [1.82, 2.24) is 4.90 Å². The highest BCUT2D eigenvalue weighted by Crippen LogP contribution is 2.33. The van der Waals surface area contributed by atoms with Crippen LogP contribution in [0.1, 0.15) is 72.5 Å². The number of aryl methyl sites for hydroxylation is 2. The summed E-state index contributed by atoms with van der Waals surface area (Å²) < 4.78 is 0. The molecule has 178 valence electrons. The number of fused-ring (bicyclic) bond motifs is 1. The number of nitrogens with zero attached hydrogens (tertiary/aromatic N) is 2. The molecular formula is C28H37ClN2O2. The highest BCUT2D eigenvalue weighted by atomic mass is 35.5. The predicted molar refractivity (Wildman–Crippen MR) is 138 cm³/mol. The molecule has 2 aromatic rings. The van der Waals surface area contributed by atoms with Gasteiger partial charge in [0.2, 0.25) is 6.41 Å². The largest absolute Gasteiger partial charge is 0.314 e. The molecule has 0 radical (unpaired) electrons. The van der Waals surface area contributed by atoms with Gasteiger partial charge in [0.05, 0.1) is 0 Å². The second kappa shape index (κ2) is 12.9. The van der Waals surface area contributed by atoms with Gasteiger partial charge in [-0.25, -0.2) is 0 Å².